The van der Waals surface area contributed by atoms with Crippen LogP contribution in [-0.4, -0.2) is 15.7 Å². The zero-order valence-corrected chi connectivity index (χ0v) is 6.27. The topological polar surface area (TPSA) is 17.1 Å². The van der Waals surface area contributed by atoms with Crippen LogP contribution >= 0.6 is 10.8 Å². The summed E-state index contributed by atoms with van der Waals surface area (Å²) in [5.74, 6) is 1.74. The summed E-state index contributed by atoms with van der Waals surface area (Å²) in [4.78, 5) is 0. The predicted octanol–water partition coefficient (Wildman–Crippen LogP) is 1.42. The van der Waals surface area contributed by atoms with Crippen LogP contribution in [0.2, 0.25) is 0 Å². The normalized spacial score (nSPS) is 14.0. The average molecular weight is 138 g/mol. The van der Waals surface area contributed by atoms with E-state index in [-0.39, 0.29) is 0 Å². The summed E-state index contributed by atoms with van der Waals surface area (Å²) in [5, 5.41) is 0. The Morgan fingerprint density at radius 1 is 1.57 bits per heavy atom. The molecule has 0 amide bonds. The molecule has 0 heterocycles. The van der Waals surface area contributed by atoms with E-state index in [0.29, 0.717) is 0 Å². The van der Waals surface area contributed by atoms with Crippen LogP contribution in [0.25, 0.3) is 0 Å². The molecule has 1 nitrogen and oxygen atoms in total. The van der Waals surface area contributed by atoms with Crippen LogP contribution in [-0.2, 0) is 9.83 Å². The first-order valence-electron chi connectivity index (χ1n) is 2.32. The number of hydrogen-bond acceptors (Lipinski definition) is 2. The van der Waals surface area contributed by atoms with Gasteiger partial charge >= 0.3 is 0 Å². The number of hydrogen-bond donors (Lipinski definition) is 0. The molecule has 0 N–H and O–H groups in total. The molecular formula is C4H10OS2. The molecule has 0 radical (unpaired) electrons. The van der Waals surface area contributed by atoms with Crippen LogP contribution in [0.1, 0.15) is 13.8 Å². The molecule has 0 rings (SSSR count). The zero-order valence-electron chi connectivity index (χ0n) is 4.64. The second-order valence-electron chi connectivity index (χ2n) is 0.999. The monoisotopic (exact) mass is 138 g/mol. The van der Waals surface area contributed by atoms with Gasteiger partial charge in [0.25, 0.3) is 0 Å². The van der Waals surface area contributed by atoms with E-state index in [4.69, 9.17) is 0 Å². The van der Waals surface area contributed by atoms with Crippen molar-refractivity contribution >= 4 is 20.6 Å². The van der Waals surface area contributed by atoms with Gasteiger partial charge in [-0.25, -0.2) is 4.21 Å². The van der Waals surface area contributed by atoms with Crippen molar-refractivity contribution in [2.45, 2.75) is 13.8 Å². The molecule has 0 aliphatic rings. The molecule has 0 bridgehead atoms. The Bertz CT molecular complexity index is 62.7. The Hall–Kier alpha value is 0.500. The first-order chi connectivity index (χ1) is 3.31. The molecule has 7 heavy (non-hydrogen) atoms. The maximum atomic E-state index is 10.5. The number of rotatable bonds is 3. The molecule has 0 saturated carbocycles. The summed E-state index contributed by atoms with van der Waals surface area (Å²) in [6, 6.07) is 0. The average Bonchev–Trinajstić information content (AvgIpc) is 1.68. The zero-order chi connectivity index (χ0) is 5.70. The molecule has 0 fully saturated rings. The maximum absolute atomic E-state index is 10.5. The fourth-order valence-electron chi connectivity index (χ4n) is 0.215. The molecule has 0 aromatic carbocycles. The van der Waals surface area contributed by atoms with Crippen molar-refractivity contribution in [1.29, 1.82) is 0 Å². The van der Waals surface area contributed by atoms with E-state index in [1.54, 1.807) is 0 Å². The highest BCUT2D eigenvalue weighted by atomic mass is 33.1. The van der Waals surface area contributed by atoms with Crippen LogP contribution in [0.5, 0.6) is 0 Å². The lowest BCUT2D eigenvalue weighted by Gasteiger charge is -1.88. The highest BCUT2D eigenvalue weighted by Crippen LogP contribution is 2.04. The van der Waals surface area contributed by atoms with Crippen molar-refractivity contribution in [3.63, 3.8) is 0 Å². The van der Waals surface area contributed by atoms with Crippen molar-refractivity contribution in [3.05, 3.63) is 0 Å². The fourth-order valence-corrected chi connectivity index (χ4v) is 1.93. The second kappa shape index (κ2) is 4.65. The third-order valence-corrected chi connectivity index (χ3v) is 3.66. The van der Waals surface area contributed by atoms with Gasteiger partial charge in [-0.05, 0) is 0 Å². The highest BCUT2D eigenvalue weighted by molar-refractivity contribution is 8.69. The van der Waals surface area contributed by atoms with Crippen molar-refractivity contribution in [2.24, 2.45) is 0 Å². The Morgan fingerprint density at radius 2 is 2.14 bits per heavy atom. The van der Waals surface area contributed by atoms with Gasteiger partial charge in [0, 0.05) is 11.5 Å². The minimum Gasteiger partial charge on any atom is -0.248 e. The van der Waals surface area contributed by atoms with Crippen molar-refractivity contribution in [1.82, 2.24) is 0 Å². The largest absolute Gasteiger partial charge is 0.248 e. The van der Waals surface area contributed by atoms with Crippen molar-refractivity contribution in [3.8, 4) is 0 Å². The minimum absolute atomic E-state index is 0.610. The summed E-state index contributed by atoms with van der Waals surface area (Å²) in [6.45, 7) is 3.94. The second-order valence-corrected chi connectivity index (χ2v) is 4.82. The summed E-state index contributed by atoms with van der Waals surface area (Å²) < 4.78 is 10.5. The molecular weight excluding hydrogens is 128 g/mol. The van der Waals surface area contributed by atoms with Crippen molar-refractivity contribution < 1.29 is 4.21 Å². The van der Waals surface area contributed by atoms with Gasteiger partial charge in [-0.1, -0.05) is 24.6 Å². The van der Waals surface area contributed by atoms with E-state index in [9.17, 15) is 4.21 Å². The molecule has 0 aliphatic heterocycles. The first kappa shape index (κ1) is 7.50. The lowest BCUT2D eigenvalue weighted by molar-refractivity contribution is 0.692. The standard InChI is InChI=1S/C4H10OS2/c1-3-6-7(5)4-2/h3-4H2,1-2H3/t7-/m1/s1. The van der Waals surface area contributed by atoms with E-state index in [1.165, 1.54) is 10.8 Å². The predicted molar refractivity (Wildman–Crippen MR) is 36.8 cm³/mol. The summed E-state index contributed by atoms with van der Waals surface area (Å²) in [5.41, 5.74) is 0. The molecule has 0 spiro atoms. The van der Waals surface area contributed by atoms with E-state index in [2.05, 4.69) is 0 Å². The Morgan fingerprint density at radius 3 is 2.29 bits per heavy atom. The van der Waals surface area contributed by atoms with Gasteiger partial charge in [0.2, 0.25) is 0 Å². The molecule has 0 aromatic rings. The smallest absolute Gasteiger partial charge is 0.0800 e. The van der Waals surface area contributed by atoms with Gasteiger partial charge in [0.05, 0.1) is 9.83 Å². The fraction of sp³-hybridized carbons (Fsp3) is 1.00. The summed E-state index contributed by atoms with van der Waals surface area (Å²) >= 11 is 0. The van der Waals surface area contributed by atoms with Gasteiger partial charge in [0.1, 0.15) is 0 Å². The molecule has 0 unspecified atom stereocenters. The maximum Gasteiger partial charge on any atom is 0.0800 e. The third-order valence-electron chi connectivity index (χ3n) is 0.485. The van der Waals surface area contributed by atoms with E-state index in [1.807, 2.05) is 13.8 Å². The van der Waals surface area contributed by atoms with Crippen LogP contribution in [0.3, 0.4) is 0 Å². The van der Waals surface area contributed by atoms with Gasteiger partial charge in [-0.3, -0.25) is 0 Å². The van der Waals surface area contributed by atoms with Crippen molar-refractivity contribution in [2.75, 3.05) is 11.5 Å². The SMILES string of the molecule is CCS[S@@](=O)CC. The molecule has 44 valence electrons. The molecule has 0 aromatic heterocycles. The quantitative estimate of drug-likeness (QED) is 0.549. The van der Waals surface area contributed by atoms with Crippen LogP contribution in [0.4, 0.5) is 0 Å². The lowest BCUT2D eigenvalue weighted by Crippen LogP contribution is -1.84. The molecule has 1 atom stereocenters. The molecule has 0 saturated heterocycles. The van der Waals surface area contributed by atoms with Crippen LogP contribution in [0.15, 0.2) is 0 Å². The first-order valence-corrected chi connectivity index (χ1v) is 5.15. The minimum atomic E-state index is -0.610. The third kappa shape index (κ3) is 4.35. The molecule has 3 heteroatoms. The van der Waals surface area contributed by atoms with Gasteiger partial charge in [-0.15, -0.1) is 0 Å². The Labute approximate surface area is 50.7 Å². The summed E-state index contributed by atoms with van der Waals surface area (Å²) in [7, 11) is 0.893. The van der Waals surface area contributed by atoms with Gasteiger partial charge in [0.15, 0.2) is 0 Å². The highest BCUT2D eigenvalue weighted by Gasteiger charge is 1.89. The van der Waals surface area contributed by atoms with Crippen LogP contribution in [0, 0.1) is 0 Å². The lowest BCUT2D eigenvalue weighted by atomic mass is 11.0. The Balaban J connectivity index is 3.00. The van der Waals surface area contributed by atoms with E-state index < -0.39 is 9.83 Å². The van der Waals surface area contributed by atoms with E-state index >= 15 is 0 Å². The van der Waals surface area contributed by atoms with Gasteiger partial charge < -0.3 is 0 Å². The van der Waals surface area contributed by atoms with E-state index in [0.717, 1.165) is 11.5 Å². The molecule has 0 aliphatic carbocycles. The summed E-state index contributed by atoms with van der Waals surface area (Å²) in [6.07, 6.45) is 0. The van der Waals surface area contributed by atoms with Crippen LogP contribution < -0.4 is 0 Å². The van der Waals surface area contributed by atoms with Gasteiger partial charge in [-0.2, -0.15) is 0 Å². The Kier molecular flexibility index (Phi) is 4.99.